The van der Waals surface area contributed by atoms with E-state index in [0.717, 1.165) is 55.6 Å². The molecule has 1 aliphatic heterocycles. The van der Waals surface area contributed by atoms with Crippen LogP contribution in [0, 0.1) is 0 Å². The largest absolute Gasteiger partial charge is 0.378 e. The third-order valence-electron chi connectivity index (χ3n) is 3.70. The van der Waals surface area contributed by atoms with Crippen LogP contribution in [0.2, 0.25) is 5.02 Å². The molecule has 0 radical (unpaired) electrons. The molecule has 0 aromatic heterocycles. The van der Waals surface area contributed by atoms with Gasteiger partial charge in [0.05, 0.1) is 6.10 Å². The number of hydrogen-bond acceptors (Lipinski definition) is 2. The zero-order valence-corrected chi connectivity index (χ0v) is 16.3. The van der Waals surface area contributed by atoms with Crippen LogP contribution in [0.5, 0.6) is 0 Å². The number of benzene rings is 1. The smallest absolute Gasteiger partial charge is 0.193 e. The van der Waals surface area contributed by atoms with Crippen molar-refractivity contribution in [1.29, 1.82) is 0 Å². The Morgan fingerprint density at radius 1 is 1.41 bits per heavy atom. The topological polar surface area (TPSA) is 36.9 Å². The first kappa shape index (κ1) is 19.5. The maximum Gasteiger partial charge on any atom is 0.193 e. The Balaban J connectivity index is 0.00000242. The van der Waals surface area contributed by atoms with Crippen molar-refractivity contribution in [3.8, 4) is 0 Å². The van der Waals surface area contributed by atoms with Crippen LogP contribution < -0.4 is 5.32 Å². The van der Waals surface area contributed by atoms with Gasteiger partial charge >= 0.3 is 0 Å². The van der Waals surface area contributed by atoms with Crippen molar-refractivity contribution < 1.29 is 4.74 Å². The van der Waals surface area contributed by atoms with E-state index in [0.29, 0.717) is 6.10 Å². The molecular weight excluding hydrogens is 413 g/mol. The van der Waals surface area contributed by atoms with Gasteiger partial charge in [0.2, 0.25) is 0 Å². The lowest BCUT2D eigenvalue weighted by Gasteiger charge is -2.34. The Labute approximate surface area is 155 Å². The fourth-order valence-electron chi connectivity index (χ4n) is 2.63. The van der Waals surface area contributed by atoms with E-state index < -0.39 is 0 Å². The molecule has 4 nitrogen and oxygen atoms in total. The Morgan fingerprint density at radius 3 is 2.73 bits per heavy atom. The summed E-state index contributed by atoms with van der Waals surface area (Å²) < 4.78 is 5.69. The molecule has 1 fully saturated rings. The van der Waals surface area contributed by atoms with Crippen molar-refractivity contribution in [2.45, 2.75) is 32.4 Å². The van der Waals surface area contributed by atoms with Gasteiger partial charge in [0.15, 0.2) is 5.96 Å². The number of nitrogens with zero attached hydrogens (tertiary/aromatic N) is 2. The maximum atomic E-state index is 6.01. The van der Waals surface area contributed by atoms with Crippen molar-refractivity contribution >= 4 is 41.5 Å². The van der Waals surface area contributed by atoms with Crippen LogP contribution in [0.15, 0.2) is 29.3 Å². The summed E-state index contributed by atoms with van der Waals surface area (Å²) in [7, 11) is 1.83. The highest BCUT2D eigenvalue weighted by Crippen LogP contribution is 2.14. The molecule has 1 heterocycles. The number of aliphatic imine (C=N–C) groups is 1. The molecule has 0 bridgehead atoms. The molecule has 0 atom stereocenters. The highest BCUT2D eigenvalue weighted by molar-refractivity contribution is 14.0. The molecule has 1 aliphatic rings. The van der Waals surface area contributed by atoms with E-state index in [2.05, 4.69) is 28.2 Å². The summed E-state index contributed by atoms with van der Waals surface area (Å²) in [6.45, 7) is 5.56. The van der Waals surface area contributed by atoms with Crippen LogP contribution in [-0.4, -0.2) is 43.7 Å². The Kier molecular flexibility index (Phi) is 9.12. The number of halogens is 2. The summed E-state index contributed by atoms with van der Waals surface area (Å²) in [4.78, 5) is 6.67. The van der Waals surface area contributed by atoms with E-state index in [1.807, 2.05) is 25.2 Å². The lowest BCUT2D eigenvalue weighted by atomic mass is 10.1. The Morgan fingerprint density at radius 2 is 2.14 bits per heavy atom. The number of piperidine rings is 1. The van der Waals surface area contributed by atoms with Crippen molar-refractivity contribution in [2.24, 2.45) is 4.99 Å². The first-order chi connectivity index (χ1) is 10.2. The third-order valence-corrected chi connectivity index (χ3v) is 3.93. The van der Waals surface area contributed by atoms with Gasteiger partial charge in [0.1, 0.15) is 0 Å². The zero-order chi connectivity index (χ0) is 15.1. The van der Waals surface area contributed by atoms with Crippen molar-refractivity contribution in [1.82, 2.24) is 10.2 Å². The molecule has 1 aromatic carbocycles. The lowest BCUT2D eigenvalue weighted by Crippen LogP contribution is -2.46. The predicted molar refractivity (Wildman–Crippen MR) is 103 cm³/mol. The maximum absolute atomic E-state index is 6.01. The Bertz CT molecular complexity index is 476. The van der Waals surface area contributed by atoms with Gasteiger partial charge in [-0.3, -0.25) is 4.99 Å². The number of likely N-dealkylation sites (tertiary alicyclic amines) is 1. The number of nitrogens with one attached hydrogen (secondary N) is 1. The molecule has 0 unspecified atom stereocenters. The molecule has 22 heavy (non-hydrogen) atoms. The van der Waals surface area contributed by atoms with Crippen LogP contribution in [0.1, 0.15) is 25.3 Å². The van der Waals surface area contributed by atoms with Crippen LogP contribution in [-0.2, 0) is 11.3 Å². The zero-order valence-electron chi connectivity index (χ0n) is 13.2. The molecule has 0 spiro atoms. The summed E-state index contributed by atoms with van der Waals surface area (Å²) in [5.41, 5.74) is 1.16. The molecule has 124 valence electrons. The highest BCUT2D eigenvalue weighted by Gasteiger charge is 2.21. The summed E-state index contributed by atoms with van der Waals surface area (Å²) in [5.74, 6) is 0.949. The minimum atomic E-state index is 0. The van der Waals surface area contributed by atoms with Gasteiger partial charge in [-0.15, -0.1) is 24.0 Å². The highest BCUT2D eigenvalue weighted by atomic mass is 127. The van der Waals surface area contributed by atoms with E-state index in [9.17, 15) is 0 Å². The van der Waals surface area contributed by atoms with Crippen LogP contribution in [0.4, 0.5) is 0 Å². The number of rotatable bonds is 4. The molecule has 2 rings (SSSR count). The molecule has 6 heteroatoms. The van der Waals surface area contributed by atoms with Gasteiger partial charge in [-0.2, -0.15) is 0 Å². The number of hydrogen-bond donors (Lipinski definition) is 1. The van der Waals surface area contributed by atoms with Gasteiger partial charge in [-0.25, -0.2) is 0 Å². The van der Waals surface area contributed by atoms with Crippen LogP contribution >= 0.6 is 35.6 Å². The van der Waals surface area contributed by atoms with E-state index in [4.69, 9.17) is 16.3 Å². The van der Waals surface area contributed by atoms with Crippen molar-refractivity contribution in [3.05, 3.63) is 34.9 Å². The molecule has 1 saturated heterocycles. The molecule has 0 saturated carbocycles. The van der Waals surface area contributed by atoms with Gasteiger partial charge in [0.25, 0.3) is 0 Å². The predicted octanol–water partition coefficient (Wildman–Crippen LogP) is 3.53. The minimum absolute atomic E-state index is 0. The minimum Gasteiger partial charge on any atom is -0.378 e. The van der Waals surface area contributed by atoms with E-state index in [1.54, 1.807) is 0 Å². The van der Waals surface area contributed by atoms with E-state index >= 15 is 0 Å². The summed E-state index contributed by atoms with van der Waals surface area (Å²) in [5, 5.41) is 4.17. The van der Waals surface area contributed by atoms with Crippen LogP contribution in [0.25, 0.3) is 0 Å². The molecule has 0 aliphatic carbocycles. The first-order valence-electron chi connectivity index (χ1n) is 7.54. The Hall–Kier alpha value is -0.530. The van der Waals surface area contributed by atoms with Gasteiger partial charge in [-0.05, 0) is 37.5 Å². The van der Waals surface area contributed by atoms with Gasteiger partial charge in [-0.1, -0.05) is 23.7 Å². The second-order valence-electron chi connectivity index (χ2n) is 5.17. The molecular formula is C16H25ClIN3O. The van der Waals surface area contributed by atoms with Crippen molar-refractivity contribution in [3.63, 3.8) is 0 Å². The summed E-state index contributed by atoms with van der Waals surface area (Å²) >= 11 is 6.01. The SMILES string of the molecule is CCOC1CCN(C(=NC)NCc2cccc(Cl)c2)CC1.I. The van der Waals surface area contributed by atoms with E-state index in [1.165, 1.54) is 0 Å². The summed E-state index contributed by atoms with van der Waals surface area (Å²) in [6.07, 6.45) is 2.52. The average Bonchev–Trinajstić information content (AvgIpc) is 2.50. The lowest BCUT2D eigenvalue weighted by molar-refractivity contribution is 0.0263. The van der Waals surface area contributed by atoms with E-state index in [-0.39, 0.29) is 24.0 Å². The average molecular weight is 438 g/mol. The van der Waals surface area contributed by atoms with Gasteiger partial charge < -0.3 is 15.0 Å². The molecule has 1 N–H and O–H groups in total. The number of guanidine groups is 1. The normalized spacial score (nSPS) is 16.3. The first-order valence-corrected chi connectivity index (χ1v) is 7.92. The number of ether oxygens (including phenoxy) is 1. The fraction of sp³-hybridized carbons (Fsp3) is 0.562. The second-order valence-corrected chi connectivity index (χ2v) is 5.61. The quantitative estimate of drug-likeness (QED) is 0.445. The fourth-order valence-corrected chi connectivity index (χ4v) is 2.84. The van der Waals surface area contributed by atoms with Crippen LogP contribution in [0.3, 0.4) is 0 Å². The van der Waals surface area contributed by atoms with Gasteiger partial charge in [0, 0.05) is 38.3 Å². The standard InChI is InChI=1S/C16H24ClN3O.HI/c1-3-21-15-7-9-20(10-8-15)16(18-2)19-12-13-5-4-6-14(17)11-13;/h4-6,11,15H,3,7-10,12H2,1-2H3,(H,18,19);1H. The second kappa shape index (κ2) is 10.3. The third kappa shape index (κ3) is 5.93. The molecule has 0 amide bonds. The molecule has 1 aromatic rings. The van der Waals surface area contributed by atoms with Crippen molar-refractivity contribution in [2.75, 3.05) is 26.7 Å². The monoisotopic (exact) mass is 437 g/mol. The summed E-state index contributed by atoms with van der Waals surface area (Å²) in [6, 6.07) is 7.89.